The zero-order valence-electron chi connectivity index (χ0n) is 52.5. The van der Waals surface area contributed by atoms with Crippen molar-refractivity contribution in [1.29, 1.82) is 0 Å². The van der Waals surface area contributed by atoms with Crippen molar-refractivity contribution in [3.63, 3.8) is 0 Å². The summed E-state index contributed by atoms with van der Waals surface area (Å²) in [5.74, 6) is 0. The molecule has 0 aliphatic heterocycles. The first-order chi connectivity index (χ1) is 35.8. The van der Waals surface area contributed by atoms with Crippen molar-refractivity contribution in [3.8, 4) is 0 Å². The van der Waals surface area contributed by atoms with Gasteiger partial charge in [0.1, 0.15) is 0 Å². The van der Waals surface area contributed by atoms with E-state index in [1.807, 2.05) is 216 Å². The maximum atomic E-state index is 2.26. The number of hydrogen-bond donors (Lipinski definition) is 0. The normalized spacial score (nSPS) is 7.53. The predicted octanol–water partition coefficient (Wildman–Crippen LogP) is 24.8. The Morgan fingerprint density at radius 2 is 0.208 bits per heavy atom. The van der Waals surface area contributed by atoms with Gasteiger partial charge in [-0.3, -0.25) is 0 Å². The highest BCUT2D eigenvalue weighted by Crippen LogP contribution is 2.16. The van der Waals surface area contributed by atoms with Crippen molar-refractivity contribution in [2.45, 2.75) is 206 Å². The first kappa shape index (κ1) is 86.3. The van der Waals surface area contributed by atoms with Gasteiger partial charge in [-0.15, -0.1) is 0 Å². The highest BCUT2D eigenvalue weighted by atomic mass is 14.1. The monoisotopic (exact) mass is 985 g/mol. The van der Waals surface area contributed by atoms with Crippen LogP contribution in [0.1, 0.15) is 225 Å². The molecular weight excluding hydrogens is 865 g/mol. The molecule has 0 aliphatic rings. The molecule has 0 atom stereocenters. The smallest absolute Gasteiger partial charge is 0.00258 e. The van der Waals surface area contributed by atoms with E-state index in [1.165, 1.54) is 44.5 Å². The molecule has 0 amide bonds. The standard InChI is InChI=1S/C27H24.C13H12.C6H6.13C2H6/c1-3-7-22(8-4-1)19-24-11-15-26(16-12-24)21-27-17-13-25(14-18-27)20-23-9-5-2-6-10-23;1-3-7-12(8-4-1)11-13-9-5-2-6-10-13;1-2-4-6-5-3-1;13*1-2/h1-18H,19-21H2;1-10H,11H2;1-6H;13*1-2H3. The van der Waals surface area contributed by atoms with Gasteiger partial charge in [-0.1, -0.05) is 386 Å². The maximum absolute atomic E-state index is 2.26. The van der Waals surface area contributed by atoms with E-state index in [2.05, 4.69) is 170 Å². The van der Waals surface area contributed by atoms with Crippen LogP contribution in [0.25, 0.3) is 0 Å². The minimum atomic E-state index is 0.983. The highest BCUT2D eigenvalue weighted by molar-refractivity contribution is 5.34. The lowest BCUT2D eigenvalue weighted by Gasteiger charge is -2.07. The van der Waals surface area contributed by atoms with Crippen LogP contribution in [0.4, 0.5) is 0 Å². The SMILES string of the molecule is CC.CC.CC.CC.CC.CC.CC.CC.CC.CC.CC.CC.CC.c1ccc(Cc2ccc(Cc3ccc(Cc4ccccc4)cc3)cc2)cc1.c1ccc(Cc2ccccc2)cc1.c1ccccc1. The molecule has 0 fully saturated rings. The fraction of sp³-hybridized carbons (Fsp3) is 0.417. The Morgan fingerprint density at radius 1 is 0.125 bits per heavy atom. The summed E-state index contributed by atoms with van der Waals surface area (Å²) in [6, 6.07) is 72.4. The molecule has 0 saturated heterocycles. The summed E-state index contributed by atoms with van der Waals surface area (Å²) in [5, 5.41) is 0. The third-order valence-corrected chi connectivity index (χ3v) is 7.72. The lowest BCUT2D eigenvalue weighted by Crippen LogP contribution is -1.92. The average molecular weight is 986 g/mol. The lowest BCUT2D eigenvalue weighted by atomic mass is 9.98. The minimum Gasteiger partial charge on any atom is -0.0683 e. The van der Waals surface area contributed by atoms with E-state index in [0.29, 0.717) is 0 Å². The molecule has 0 heteroatoms. The van der Waals surface area contributed by atoms with E-state index < -0.39 is 0 Å². The summed E-state index contributed by atoms with van der Waals surface area (Å²) in [5.41, 5.74) is 10.9. The van der Waals surface area contributed by atoms with Crippen molar-refractivity contribution < 1.29 is 0 Å². The Bertz CT molecular complexity index is 1610. The van der Waals surface area contributed by atoms with Gasteiger partial charge in [-0.25, -0.2) is 0 Å². The molecule has 0 N–H and O–H groups in total. The molecule has 7 aromatic rings. The van der Waals surface area contributed by atoms with Crippen LogP contribution < -0.4 is 0 Å². The van der Waals surface area contributed by atoms with Crippen molar-refractivity contribution in [1.82, 2.24) is 0 Å². The van der Waals surface area contributed by atoms with Crippen LogP contribution in [0.15, 0.2) is 206 Å². The van der Waals surface area contributed by atoms with E-state index in [-0.39, 0.29) is 0 Å². The van der Waals surface area contributed by atoms with Crippen molar-refractivity contribution in [3.05, 3.63) is 251 Å². The average Bonchev–Trinajstić information content (AvgIpc) is 3.52. The minimum absolute atomic E-state index is 0.983. The van der Waals surface area contributed by atoms with Gasteiger partial charge in [0.05, 0.1) is 0 Å². The van der Waals surface area contributed by atoms with Crippen LogP contribution in [0, 0.1) is 0 Å². The third-order valence-electron chi connectivity index (χ3n) is 7.72. The largest absolute Gasteiger partial charge is 0.0683 e. The van der Waals surface area contributed by atoms with Gasteiger partial charge in [0, 0.05) is 0 Å². The van der Waals surface area contributed by atoms with Gasteiger partial charge < -0.3 is 0 Å². The number of benzene rings is 7. The third kappa shape index (κ3) is 55.5. The first-order valence-corrected chi connectivity index (χ1v) is 29.1. The molecule has 0 aliphatic carbocycles. The van der Waals surface area contributed by atoms with E-state index in [9.17, 15) is 0 Å². The number of rotatable bonds is 8. The zero-order chi connectivity index (χ0) is 57.5. The van der Waals surface area contributed by atoms with E-state index in [1.54, 1.807) is 0 Å². The topological polar surface area (TPSA) is 0 Å². The number of hydrogen-bond acceptors (Lipinski definition) is 0. The highest BCUT2D eigenvalue weighted by Gasteiger charge is 2.01. The van der Waals surface area contributed by atoms with Gasteiger partial charge in [-0.05, 0) is 70.2 Å². The molecule has 0 radical (unpaired) electrons. The van der Waals surface area contributed by atoms with E-state index in [0.717, 1.165) is 25.7 Å². The van der Waals surface area contributed by atoms with Gasteiger partial charge in [0.2, 0.25) is 0 Å². The van der Waals surface area contributed by atoms with Gasteiger partial charge in [0.15, 0.2) is 0 Å². The quantitative estimate of drug-likeness (QED) is 0.142. The van der Waals surface area contributed by atoms with Crippen LogP contribution in [0.2, 0.25) is 0 Å². The Hall–Kier alpha value is -5.46. The summed E-state index contributed by atoms with van der Waals surface area (Å²) in [6.07, 6.45) is 4.00. The lowest BCUT2D eigenvalue weighted by molar-refractivity contribution is 1.14. The van der Waals surface area contributed by atoms with Crippen LogP contribution in [-0.2, 0) is 25.7 Å². The Balaban J connectivity index is -0.000000106. The molecule has 7 rings (SSSR count). The summed E-state index contributed by atoms with van der Waals surface area (Å²) < 4.78 is 0. The molecule has 7 aromatic carbocycles. The van der Waals surface area contributed by atoms with Gasteiger partial charge >= 0.3 is 0 Å². The second kappa shape index (κ2) is 85.4. The van der Waals surface area contributed by atoms with Crippen molar-refractivity contribution >= 4 is 0 Å². The molecule has 72 heavy (non-hydrogen) atoms. The summed E-state index contributed by atoms with van der Waals surface area (Å²) in [6.45, 7) is 52.0. The molecule has 0 heterocycles. The zero-order valence-corrected chi connectivity index (χ0v) is 52.5. The molecule has 0 aromatic heterocycles. The first-order valence-electron chi connectivity index (χ1n) is 29.1. The molecule has 408 valence electrons. The molecule has 0 unspecified atom stereocenters. The second-order valence-corrected chi connectivity index (χ2v) is 11.4. The van der Waals surface area contributed by atoms with Crippen molar-refractivity contribution in [2.24, 2.45) is 0 Å². The fourth-order valence-corrected chi connectivity index (χ4v) is 5.26. The van der Waals surface area contributed by atoms with Gasteiger partial charge in [0.25, 0.3) is 0 Å². The van der Waals surface area contributed by atoms with Crippen LogP contribution in [-0.4, -0.2) is 0 Å². The Morgan fingerprint density at radius 3 is 0.319 bits per heavy atom. The summed E-state index contributed by atoms with van der Waals surface area (Å²) in [7, 11) is 0. The van der Waals surface area contributed by atoms with Crippen LogP contribution >= 0.6 is 0 Å². The maximum Gasteiger partial charge on any atom is -0.00258 e. The Kier molecular flexibility index (Phi) is 102. The Labute approximate surface area is 454 Å². The summed E-state index contributed by atoms with van der Waals surface area (Å²) in [4.78, 5) is 0. The predicted molar refractivity (Wildman–Crippen MR) is 344 cm³/mol. The molecule has 0 bridgehead atoms. The molecule has 0 saturated carbocycles. The van der Waals surface area contributed by atoms with E-state index >= 15 is 0 Å². The molecule has 0 nitrogen and oxygen atoms in total. The van der Waals surface area contributed by atoms with E-state index in [4.69, 9.17) is 0 Å². The summed E-state index contributed by atoms with van der Waals surface area (Å²) >= 11 is 0. The molecular formula is C72H120. The van der Waals surface area contributed by atoms with Crippen LogP contribution in [0.5, 0.6) is 0 Å². The molecule has 0 spiro atoms. The second-order valence-electron chi connectivity index (χ2n) is 11.4. The van der Waals surface area contributed by atoms with Crippen molar-refractivity contribution in [2.75, 3.05) is 0 Å². The fourth-order valence-electron chi connectivity index (χ4n) is 5.26. The van der Waals surface area contributed by atoms with Crippen LogP contribution in [0.3, 0.4) is 0 Å². The van der Waals surface area contributed by atoms with Gasteiger partial charge in [-0.2, -0.15) is 0 Å².